The number of amides is 1. The number of benzene rings is 1. The summed E-state index contributed by atoms with van der Waals surface area (Å²) >= 11 is 0. The molecule has 3 unspecified atom stereocenters. The van der Waals surface area contributed by atoms with Crippen LogP contribution in [0.15, 0.2) is 30.3 Å². The monoisotopic (exact) mass is 395 g/mol. The van der Waals surface area contributed by atoms with Crippen LogP contribution < -0.4 is 0 Å². The number of carbonyl (C=O) groups excluding carboxylic acids is 2. The van der Waals surface area contributed by atoms with Crippen molar-refractivity contribution in [1.82, 2.24) is 4.90 Å². The molecule has 5 aliphatic rings. The van der Waals surface area contributed by atoms with Gasteiger partial charge in [-0.3, -0.25) is 9.59 Å². The number of hydrogen-bond donors (Lipinski definition) is 0. The van der Waals surface area contributed by atoms with E-state index in [2.05, 4.69) is 30.3 Å². The molecule has 4 bridgehead atoms. The zero-order chi connectivity index (χ0) is 20.1. The maximum Gasteiger partial charge on any atom is 0.310 e. The number of carbonyl (C=O) groups is 2. The molecule has 0 aromatic heterocycles. The third-order valence-corrected chi connectivity index (χ3v) is 8.23. The van der Waals surface area contributed by atoms with E-state index in [9.17, 15) is 9.59 Å². The van der Waals surface area contributed by atoms with Crippen LogP contribution in [-0.2, 0) is 19.7 Å². The second kappa shape index (κ2) is 7.14. The van der Waals surface area contributed by atoms with Gasteiger partial charge < -0.3 is 9.64 Å². The summed E-state index contributed by atoms with van der Waals surface area (Å²) in [5.74, 6) is 1.40. The molecule has 0 radical (unpaired) electrons. The molecule has 1 aliphatic heterocycles. The molecule has 1 aromatic rings. The summed E-state index contributed by atoms with van der Waals surface area (Å²) in [6.07, 6.45) is 8.64. The van der Waals surface area contributed by atoms with Crippen molar-refractivity contribution in [3.8, 4) is 0 Å². The highest BCUT2D eigenvalue weighted by molar-refractivity contribution is 5.84. The molecule has 0 spiro atoms. The topological polar surface area (TPSA) is 46.6 Å². The van der Waals surface area contributed by atoms with E-state index in [-0.39, 0.29) is 22.7 Å². The Balaban J connectivity index is 1.40. The van der Waals surface area contributed by atoms with Crippen LogP contribution in [0.2, 0.25) is 0 Å². The van der Waals surface area contributed by atoms with Crippen molar-refractivity contribution in [2.45, 2.75) is 63.7 Å². The van der Waals surface area contributed by atoms with Crippen LogP contribution in [0.5, 0.6) is 0 Å². The summed E-state index contributed by atoms with van der Waals surface area (Å²) < 4.78 is 5.26. The van der Waals surface area contributed by atoms with Crippen LogP contribution in [0, 0.1) is 23.2 Å². The summed E-state index contributed by atoms with van der Waals surface area (Å²) in [4.78, 5) is 28.2. The van der Waals surface area contributed by atoms with Crippen LogP contribution in [-0.4, -0.2) is 36.5 Å². The van der Waals surface area contributed by atoms with Gasteiger partial charge in [0.1, 0.15) is 0 Å². The number of likely N-dealkylation sites (tertiary alicyclic amines) is 1. The van der Waals surface area contributed by atoms with Crippen molar-refractivity contribution in [3.05, 3.63) is 35.9 Å². The third kappa shape index (κ3) is 3.19. The molecule has 1 aromatic carbocycles. The van der Waals surface area contributed by atoms with Gasteiger partial charge in [0, 0.05) is 13.1 Å². The molecule has 4 nitrogen and oxygen atoms in total. The Morgan fingerprint density at radius 2 is 1.83 bits per heavy atom. The number of hydrogen-bond acceptors (Lipinski definition) is 3. The molecule has 156 valence electrons. The van der Waals surface area contributed by atoms with E-state index >= 15 is 0 Å². The Labute approximate surface area is 174 Å². The largest absolute Gasteiger partial charge is 0.466 e. The highest BCUT2D eigenvalue weighted by Gasteiger charge is 2.61. The zero-order valence-electron chi connectivity index (χ0n) is 17.6. The third-order valence-electron chi connectivity index (χ3n) is 8.23. The predicted molar refractivity (Wildman–Crippen MR) is 111 cm³/mol. The van der Waals surface area contributed by atoms with Crippen molar-refractivity contribution in [2.75, 3.05) is 19.7 Å². The first-order valence-corrected chi connectivity index (χ1v) is 11.6. The minimum Gasteiger partial charge on any atom is -0.466 e. The Kier molecular flexibility index (Phi) is 4.71. The molecule has 0 N–H and O–H groups in total. The highest BCUT2D eigenvalue weighted by atomic mass is 16.5. The summed E-state index contributed by atoms with van der Waals surface area (Å²) in [5.41, 5.74) is 1.41. The lowest BCUT2D eigenvalue weighted by Crippen LogP contribution is -2.60. The second-order valence-electron chi connectivity index (χ2n) is 10.2. The van der Waals surface area contributed by atoms with Crippen molar-refractivity contribution >= 4 is 11.9 Å². The minimum atomic E-state index is -0.212. The van der Waals surface area contributed by atoms with Gasteiger partial charge in [0.2, 0.25) is 5.91 Å². The molecular weight excluding hydrogens is 362 g/mol. The van der Waals surface area contributed by atoms with E-state index in [1.165, 1.54) is 24.8 Å². The molecule has 1 saturated heterocycles. The van der Waals surface area contributed by atoms with Gasteiger partial charge in [-0.05, 0) is 81.1 Å². The molecule has 1 amide bonds. The summed E-state index contributed by atoms with van der Waals surface area (Å²) in [5, 5.41) is 0. The Morgan fingerprint density at radius 1 is 1.10 bits per heavy atom. The highest BCUT2D eigenvalue weighted by Crippen LogP contribution is 2.66. The van der Waals surface area contributed by atoms with Crippen LogP contribution >= 0.6 is 0 Å². The normalized spacial score (nSPS) is 38.1. The molecular formula is C25H33NO3. The summed E-state index contributed by atoms with van der Waals surface area (Å²) in [7, 11) is 0. The second-order valence-corrected chi connectivity index (χ2v) is 10.2. The smallest absolute Gasteiger partial charge is 0.310 e. The van der Waals surface area contributed by atoms with E-state index in [1.807, 2.05) is 11.8 Å². The maximum atomic E-state index is 13.9. The van der Waals surface area contributed by atoms with Gasteiger partial charge in [-0.2, -0.15) is 0 Å². The number of nitrogens with zero attached hydrogens (tertiary/aromatic N) is 1. The summed E-state index contributed by atoms with van der Waals surface area (Å²) in [6.45, 7) is 3.61. The fourth-order valence-corrected chi connectivity index (χ4v) is 7.59. The molecule has 4 heteroatoms. The Morgan fingerprint density at radius 3 is 2.52 bits per heavy atom. The van der Waals surface area contributed by atoms with Crippen LogP contribution in [0.1, 0.15) is 63.9 Å². The van der Waals surface area contributed by atoms with Gasteiger partial charge >= 0.3 is 5.97 Å². The van der Waals surface area contributed by atoms with Gasteiger partial charge in [0.05, 0.1) is 17.9 Å². The number of esters is 1. The molecule has 6 rings (SSSR count). The van der Waals surface area contributed by atoms with E-state index in [1.54, 1.807) is 0 Å². The molecule has 3 atom stereocenters. The van der Waals surface area contributed by atoms with E-state index in [0.717, 1.165) is 38.6 Å². The van der Waals surface area contributed by atoms with Crippen LogP contribution in [0.25, 0.3) is 0 Å². The van der Waals surface area contributed by atoms with Gasteiger partial charge in [-0.15, -0.1) is 0 Å². The van der Waals surface area contributed by atoms with Gasteiger partial charge in [-0.1, -0.05) is 30.3 Å². The van der Waals surface area contributed by atoms with E-state index < -0.39 is 0 Å². The number of rotatable bonds is 4. The lowest BCUT2D eigenvalue weighted by Gasteiger charge is -2.62. The standard InChI is InChI=1S/C25H33NO3/c1-2-29-22(27)20-7-6-10-26(16-20)23(28)25-14-18-11-19(15-25)13-24(12-18,17-25)21-8-4-3-5-9-21/h3-5,8-9,18-20H,2,6-7,10-17H2,1H3. The molecule has 4 aliphatic carbocycles. The van der Waals surface area contributed by atoms with Gasteiger partial charge in [-0.25, -0.2) is 0 Å². The fraction of sp³-hybridized carbons (Fsp3) is 0.680. The van der Waals surface area contributed by atoms with E-state index in [4.69, 9.17) is 4.74 Å². The SMILES string of the molecule is CCOC(=O)C1CCCN(C(=O)C23CC4CC(C2)CC(c2ccccc2)(C4)C3)C1. The molecule has 4 saturated carbocycles. The molecule has 29 heavy (non-hydrogen) atoms. The summed E-state index contributed by atoms with van der Waals surface area (Å²) in [6, 6.07) is 11.0. The average molecular weight is 396 g/mol. The maximum absolute atomic E-state index is 13.9. The van der Waals surface area contributed by atoms with Gasteiger partial charge in [0.25, 0.3) is 0 Å². The van der Waals surface area contributed by atoms with Crippen LogP contribution in [0.3, 0.4) is 0 Å². The fourth-order valence-electron chi connectivity index (χ4n) is 7.59. The van der Waals surface area contributed by atoms with Crippen molar-refractivity contribution in [3.63, 3.8) is 0 Å². The lowest BCUT2D eigenvalue weighted by atomic mass is 9.42. The Bertz CT molecular complexity index is 775. The lowest BCUT2D eigenvalue weighted by molar-refractivity contribution is -0.164. The first-order chi connectivity index (χ1) is 14.0. The first kappa shape index (κ1) is 19.1. The Hall–Kier alpha value is -1.84. The van der Waals surface area contributed by atoms with Crippen molar-refractivity contribution in [2.24, 2.45) is 23.2 Å². The number of ether oxygens (including phenoxy) is 1. The molecule has 5 fully saturated rings. The van der Waals surface area contributed by atoms with Gasteiger partial charge in [0.15, 0.2) is 0 Å². The first-order valence-electron chi connectivity index (χ1n) is 11.6. The van der Waals surface area contributed by atoms with Crippen molar-refractivity contribution < 1.29 is 14.3 Å². The predicted octanol–water partition coefficient (Wildman–Crippen LogP) is 4.33. The number of piperidine rings is 1. The quantitative estimate of drug-likeness (QED) is 0.713. The van der Waals surface area contributed by atoms with Crippen LogP contribution in [0.4, 0.5) is 0 Å². The van der Waals surface area contributed by atoms with Crippen molar-refractivity contribution in [1.29, 1.82) is 0 Å². The average Bonchev–Trinajstić information content (AvgIpc) is 2.73. The van der Waals surface area contributed by atoms with E-state index in [0.29, 0.717) is 30.9 Å². The minimum absolute atomic E-state index is 0.128. The molecule has 1 heterocycles. The zero-order valence-corrected chi connectivity index (χ0v) is 17.6.